The van der Waals surface area contributed by atoms with E-state index in [9.17, 15) is 0 Å². The second-order valence-corrected chi connectivity index (χ2v) is 5.68. The first-order valence-electron chi connectivity index (χ1n) is 5.35. The van der Waals surface area contributed by atoms with Crippen LogP contribution in [-0.2, 0) is 0 Å². The number of halogens is 1. The first kappa shape index (κ1) is 11.1. The number of alkyl halides is 1. The Morgan fingerprint density at radius 2 is 2.33 bits per heavy atom. The highest BCUT2D eigenvalue weighted by Gasteiger charge is 2.28. The van der Waals surface area contributed by atoms with Gasteiger partial charge in [-0.2, -0.15) is 4.37 Å². The van der Waals surface area contributed by atoms with Crippen LogP contribution in [0.3, 0.4) is 0 Å². The molecule has 84 valence electrons. The van der Waals surface area contributed by atoms with Crippen molar-refractivity contribution in [3.8, 4) is 0 Å². The molecule has 1 aromatic rings. The summed E-state index contributed by atoms with van der Waals surface area (Å²) in [5.41, 5.74) is 0. The summed E-state index contributed by atoms with van der Waals surface area (Å²) in [5, 5.41) is 1.25. The molecule has 1 saturated carbocycles. The fourth-order valence-electron chi connectivity index (χ4n) is 1.36. The first-order valence-corrected chi connectivity index (χ1v) is 6.56. The van der Waals surface area contributed by atoms with Crippen molar-refractivity contribution in [2.45, 2.75) is 37.5 Å². The maximum atomic E-state index is 5.92. The highest BCUT2D eigenvalue weighted by Crippen LogP contribution is 2.39. The van der Waals surface area contributed by atoms with E-state index in [-0.39, 0.29) is 5.38 Å². The van der Waals surface area contributed by atoms with Gasteiger partial charge >= 0.3 is 0 Å². The van der Waals surface area contributed by atoms with Gasteiger partial charge in [0.2, 0.25) is 5.13 Å². The predicted molar refractivity (Wildman–Crippen MR) is 65.1 cm³/mol. The monoisotopic (exact) mass is 245 g/mol. The van der Waals surface area contributed by atoms with Crippen LogP contribution in [0.5, 0.6) is 0 Å². The standard InChI is InChI=1S/C10H16ClN3S/c1-7(11)5-6-14(2)10-12-9(13-15-10)8-3-4-8/h7-8H,3-6H2,1-2H3. The van der Waals surface area contributed by atoms with Crippen LogP contribution in [0.2, 0.25) is 0 Å². The average Bonchev–Trinajstić information content (AvgIpc) is 2.93. The van der Waals surface area contributed by atoms with E-state index in [1.54, 1.807) is 0 Å². The highest BCUT2D eigenvalue weighted by atomic mass is 35.5. The summed E-state index contributed by atoms with van der Waals surface area (Å²) in [6.45, 7) is 2.97. The van der Waals surface area contributed by atoms with Crippen molar-refractivity contribution >= 4 is 28.3 Å². The zero-order chi connectivity index (χ0) is 10.8. The minimum atomic E-state index is 0.225. The maximum Gasteiger partial charge on any atom is 0.204 e. The van der Waals surface area contributed by atoms with Crippen molar-refractivity contribution in [2.24, 2.45) is 0 Å². The van der Waals surface area contributed by atoms with Gasteiger partial charge in [0, 0.05) is 36.4 Å². The highest BCUT2D eigenvalue weighted by molar-refractivity contribution is 7.09. The molecule has 0 bridgehead atoms. The smallest absolute Gasteiger partial charge is 0.204 e. The molecule has 1 aromatic heterocycles. The predicted octanol–water partition coefficient (Wildman–Crippen LogP) is 2.87. The van der Waals surface area contributed by atoms with E-state index >= 15 is 0 Å². The fourth-order valence-corrected chi connectivity index (χ4v) is 2.18. The molecule has 1 aliphatic rings. The minimum absolute atomic E-state index is 0.225. The molecule has 0 N–H and O–H groups in total. The SMILES string of the molecule is CC(Cl)CCN(C)c1nc(C2CC2)ns1. The molecule has 1 atom stereocenters. The van der Waals surface area contributed by atoms with E-state index in [1.807, 2.05) is 6.92 Å². The van der Waals surface area contributed by atoms with Crippen molar-refractivity contribution in [3.05, 3.63) is 5.82 Å². The molecule has 0 aromatic carbocycles. The second kappa shape index (κ2) is 4.66. The molecule has 1 heterocycles. The van der Waals surface area contributed by atoms with Gasteiger partial charge in [0.1, 0.15) is 5.82 Å². The topological polar surface area (TPSA) is 29.0 Å². The van der Waals surface area contributed by atoms with Crippen LogP contribution < -0.4 is 4.90 Å². The zero-order valence-electron chi connectivity index (χ0n) is 9.11. The van der Waals surface area contributed by atoms with Crippen molar-refractivity contribution in [3.63, 3.8) is 0 Å². The van der Waals surface area contributed by atoms with Crippen LogP contribution >= 0.6 is 23.1 Å². The number of aromatic nitrogens is 2. The van der Waals surface area contributed by atoms with Gasteiger partial charge in [-0.3, -0.25) is 0 Å². The summed E-state index contributed by atoms with van der Waals surface area (Å²) >= 11 is 7.42. The van der Waals surface area contributed by atoms with Crippen LogP contribution in [0, 0.1) is 0 Å². The molecule has 0 spiro atoms. The molecule has 0 aliphatic heterocycles. The molecule has 1 fully saturated rings. The summed E-state index contributed by atoms with van der Waals surface area (Å²) in [7, 11) is 2.05. The van der Waals surface area contributed by atoms with Crippen molar-refractivity contribution in [1.82, 2.24) is 9.36 Å². The first-order chi connectivity index (χ1) is 7.16. The Kier molecular flexibility index (Phi) is 3.46. The number of hydrogen-bond donors (Lipinski definition) is 0. The third-order valence-electron chi connectivity index (χ3n) is 2.56. The molecule has 5 heteroatoms. The van der Waals surface area contributed by atoms with E-state index in [1.165, 1.54) is 24.4 Å². The number of rotatable bonds is 5. The lowest BCUT2D eigenvalue weighted by Gasteiger charge is -2.15. The van der Waals surface area contributed by atoms with Gasteiger partial charge in [0.25, 0.3) is 0 Å². The largest absolute Gasteiger partial charge is 0.350 e. The molecule has 0 saturated heterocycles. The molecular weight excluding hydrogens is 230 g/mol. The van der Waals surface area contributed by atoms with E-state index in [0.717, 1.165) is 23.9 Å². The molecule has 15 heavy (non-hydrogen) atoms. The quantitative estimate of drug-likeness (QED) is 0.747. The fraction of sp³-hybridized carbons (Fsp3) is 0.800. The third kappa shape index (κ3) is 3.05. The Morgan fingerprint density at radius 3 is 2.93 bits per heavy atom. The summed E-state index contributed by atoms with van der Waals surface area (Å²) in [6, 6.07) is 0. The molecule has 2 rings (SSSR count). The Morgan fingerprint density at radius 1 is 1.60 bits per heavy atom. The number of anilines is 1. The Hall–Kier alpha value is -0.350. The van der Waals surface area contributed by atoms with Gasteiger partial charge in [0.15, 0.2) is 0 Å². The summed E-state index contributed by atoms with van der Waals surface area (Å²) in [6.07, 6.45) is 3.51. The van der Waals surface area contributed by atoms with Crippen LogP contribution in [0.15, 0.2) is 0 Å². The summed E-state index contributed by atoms with van der Waals surface area (Å²) in [4.78, 5) is 6.68. The maximum absolute atomic E-state index is 5.92. The average molecular weight is 246 g/mol. The van der Waals surface area contributed by atoms with Crippen LogP contribution in [-0.4, -0.2) is 28.3 Å². The van der Waals surface area contributed by atoms with Crippen LogP contribution in [0.4, 0.5) is 5.13 Å². The van der Waals surface area contributed by atoms with Crippen LogP contribution in [0.1, 0.15) is 37.9 Å². The zero-order valence-corrected chi connectivity index (χ0v) is 10.7. The van der Waals surface area contributed by atoms with Gasteiger partial charge in [0.05, 0.1) is 0 Å². The lowest BCUT2D eigenvalue weighted by atomic mass is 10.3. The Labute approximate surface area is 99.6 Å². The lowest BCUT2D eigenvalue weighted by molar-refractivity contribution is 0.769. The Balaban J connectivity index is 1.89. The van der Waals surface area contributed by atoms with Crippen molar-refractivity contribution in [2.75, 3.05) is 18.5 Å². The van der Waals surface area contributed by atoms with Gasteiger partial charge in [-0.25, -0.2) is 4.98 Å². The second-order valence-electron chi connectivity index (χ2n) is 4.20. The van der Waals surface area contributed by atoms with Crippen LogP contribution in [0.25, 0.3) is 0 Å². The van der Waals surface area contributed by atoms with Crippen molar-refractivity contribution < 1.29 is 0 Å². The van der Waals surface area contributed by atoms with E-state index in [4.69, 9.17) is 11.6 Å². The third-order valence-corrected chi connectivity index (χ3v) is 3.63. The van der Waals surface area contributed by atoms with Gasteiger partial charge in [-0.05, 0) is 26.2 Å². The van der Waals surface area contributed by atoms with E-state index < -0.39 is 0 Å². The van der Waals surface area contributed by atoms with E-state index in [2.05, 4.69) is 21.3 Å². The molecule has 1 unspecified atom stereocenters. The number of hydrogen-bond acceptors (Lipinski definition) is 4. The normalized spacial score (nSPS) is 17.8. The molecule has 1 aliphatic carbocycles. The lowest BCUT2D eigenvalue weighted by Crippen LogP contribution is -2.20. The minimum Gasteiger partial charge on any atom is -0.350 e. The summed E-state index contributed by atoms with van der Waals surface area (Å²) < 4.78 is 4.38. The van der Waals surface area contributed by atoms with Crippen molar-refractivity contribution in [1.29, 1.82) is 0 Å². The molecular formula is C10H16ClN3S. The van der Waals surface area contributed by atoms with E-state index in [0.29, 0.717) is 5.92 Å². The van der Waals surface area contributed by atoms with Gasteiger partial charge in [-0.1, -0.05) is 0 Å². The van der Waals surface area contributed by atoms with Gasteiger partial charge < -0.3 is 4.90 Å². The van der Waals surface area contributed by atoms with Gasteiger partial charge in [-0.15, -0.1) is 11.6 Å². The molecule has 3 nitrogen and oxygen atoms in total. The summed E-state index contributed by atoms with van der Waals surface area (Å²) in [5.74, 6) is 1.69. The molecule has 0 radical (unpaired) electrons. The molecule has 0 amide bonds. The Bertz CT molecular complexity index is 322. The number of nitrogens with zero attached hydrogens (tertiary/aromatic N) is 3.